The van der Waals surface area contributed by atoms with Crippen LogP contribution in [0.15, 0.2) is 0 Å². The van der Waals surface area contributed by atoms with Gasteiger partial charge in [-0.25, -0.2) is 39.9 Å². The molecule has 0 spiro atoms. The van der Waals surface area contributed by atoms with Crippen LogP contribution in [0.25, 0.3) is 0 Å². The molecule has 0 atom stereocenters. The Kier molecular flexibility index (Phi) is 15.4. The Bertz CT molecular complexity index is 1000. The van der Waals surface area contributed by atoms with Gasteiger partial charge in [-0.3, -0.25) is 14.2 Å². The van der Waals surface area contributed by atoms with Gasteiger partial charge in [0.25, 0.3) is 0 Å². The van der Waals surface area contributed by atoms with E-state index in [0.29, 0.717) is 6.61 Å². The number of ether oxygens (including phenoxy) is 2. The summed E-state index contributed by atoms with van der Waals surface area (Å²) in [5.74, 6) is -11.0. The molecule has 0 saturated heterocycles. The number of ketones is 1. The van der Waals surface area contributed by atoms with Crippen molar-refractivity contribution in [1.29, 1.82) is 0 Å². The van der Waals surface area contributed by atoms with Crippen molar-refractivity contribution in [1.82, 2.24) is 0 Å². The molecule has 0 aromatic heterocycles. The fourth-order valence-electron chi connectivity index (χ4n) is 4.82. The first kappa shape index (κ1) is 41.2. The third-order valence-electron chi connectivity index (χ3n) is 7.92. The minimum absolute atomic E-state index is 0.0703. The molecular formula is C28H43F8O8P. The molecule has 3 aliphatic carbocycles. The van der Waals surface area contributed by atoms with Crippen LogP contribution < -0.4 is 0 Å². The van der Waals surface area contributed by atoms with Gasteiger partial charge in [0.1, 0.15) is 6.16 Å². The monoisotopic (exact) mass is 690 g/mol. The molecule has 0 heterocycles. The first-order valence-corrected chi connectivity index (χ1v) is 16.4. The molecule has 8 nitrogen and oxygen atoms in total. The van der Waals surface area contributed by atoms with E-state index in [2.05, 4.69) is 13.8 Å². The Morgan fingerprint density at radius 3 is 1.38 bits per heavy atom. The molecule has 0 aliphatic heterocycles. The Hall–Kier alpha value is -1.80. The van der Waals surface area contributed by atoms with Gasteiger partial charge in [0.2, 0.25) is 23.4 Å². The minimum atomic E-state index is -3.66. The zero-order valence-corrected chi connectivity index (χ0v) is 26.8. The van der Waals surface area contributed by atoms with E-state index < -0.39 is 106 Å². The van der Waals surface area contributed by atoms with E-state index in [0.717, 1.165) is 14.2 Å². The maximum Gasteiger partial charge on any atom is 0.343 e. The topological polar surface area (TPSA) is 105 Å². The van der Waals surface area contributed by atoms with Crippen molar-refractivity contribution in [2.45, 2.75) is 120 Å². The molecule has 0 aromatic rings. The Morgan fingerprint density at radius 2 is 1.00 bits per heavy atom. The Morgan fingerprint density at radius 1 is 0.622 bits per heavy atom. The maximum absolute atomic E-state index is 14.2. The molecule has 3 fully saturated rings. The molecule has 264 valence electrons. The molecule has 17 heteroatoms. The predicted molar refractivity (Wildman–Crippen MR) is 146 cm³/mol. The maximum atomic E-state index is 14.2. The lowest BCUT2D eigenvalue weighted by molar-refractivity contribution is -0.165. The lowest BCUT2D eigenvalue weighted by atomic mass is 9.82. The number of rotatable bonds is 9. The van der Waals surface area contributed by atoms with Crippen LogP contribution in [0.2, 0.25) is 0 Å². The van der Waals surface area contributed by atoms with Crippen molar-refractivity contribution in [2.24, 2.45) is 5.92 Å². The second-order valence-corrected chi connectivity index (χ2v) is 13.6. The smallest absolute Gasteiger partial charge is 0.343 e. The van der Waals surface area contributed by atoms with Crippen LogP contribution in [0.5, 0.6) is 0 Å². The van der Waals surface area contributed by atoms with E-state index in [1.165, 1.54) is 0 Å². The first-order valence-electron chi connectivity index (χ1n) is 14.7. The number of Topliss-reactive ketones (excluding diaryl/α,β-unsaturated/α-hetero) is 1. The largest absolute Gasteiger partial charge is 0.466 e. The van der Waals surface area contributed by atoms with Crippen molar-refractivity contribution in [2.75, 3.05) is 33.6 Å². The summed E-state index contributed by atoms with van der Waals surface area (Å²) in [6.45, 7) is 3.67. The van der Waals surface area contributed by atoms with E-state index >= 15 is 0 Å². The van der Waals surface area contributed by atoms with Gasteiger partial charge < -0.3 is 18.5 Å². The predicted octanol–water partition coefficient (Wildman–Crippen LogP) is 7.80. The summed E-state index contributed by atoms with van der Waals surface area (Å²) in [5.41, 5.74) is -4.55. The van der Waals surface area contributed by atoms with Gasteiger partial charge in [0.05, 0.1) is 19.1 Å². The number of halogens is 8. The molecule has 0 N–H and O–H groups in total. The molecule has 3 aliphatic rings. The number of alkyl halides is 8. The van der Waals surface area contributed by atoms with Crippen molar-refractivity contribution in [3.05, 3.63) is 0 Å². The number of carbonyl (C=O) groups excluding carboxylic acids is 3. The fraction of sp³-hybridized carbons (Fsp3) is 0.893. The number of carbonyl (C=O) groups is 3. The summed E-state index contributed by atoms with van der Waals surface area (Å²) >= 11 is 0. The number of esters is 2. The zero-order chi connectivity index (χ0) is 34.7. The van der Waals surface area contributed by atoms with E-state index in [1.54, 1.807) is 13.8 Å². The molecular weight excluding hydrogens is 647 g/mol. The van der Waals surface area contributed by atoms with Crippen molar-refractivity contribution >= 4 is 25.3 Å². The van der Waals surface area contributed by atoms with Crippen LogP contribution in [0, 0.1) is 5.92 Å². The average Bonchev–Trinajstić information content (AvgIpc) is 2.97. The molecule has 0 radical (unpaired) electrons. The lowest BCUT2D eigenvalue weighted by Gasteiger charge is -2.33. The van der Waals surface area contributed by atoms with Crippen LogP contribution in [-0.4, -0.2) is 80.4 Å². The van der Waals surface area contributed by atoms with Crippen molar-refractivity contribution < 1.29 is 72.6 Å². The number of hydrogen-bond donors (Lipinski definition) is 0. The van der Waals surface area contributed by atoms with Crippen LogP contribution >= 0.6 is 7.60 Å². The highest BCUT2D eigenvalue weighted by Gasteiger charge is 2.50. The van der Waals surface area contributed by atoms with Crippen LogP contribution in [0.4, 0.5) is 35.1 Å². The molecule has 3 saturated carbocycles. The third kappa shape index (κ3) is 13.5. The zero-order valence-electron chi connectivity index (χ0n) is 25.9. The molecule has 45 heavy (non-hydrogen) atoms. The van der Waals surface area contributed by atoms with E-state index in [4.69, 9.17) is 4.74 Å². The standard InChI is InChI=1S/C10H16F3O4P.C9H13F3O2.C9H14F2O2/c1-16-18(15,17-2)7-8(14)9(11)3-5-10(12,13)6-4-9;1-2-14-7(13)8(10)3-5-9(11,12)6-4-8;1-2-13-8(12)7-3-5-9(10,11)6-4-7/h3-7H2,1-2H3;2-6H2,1H3;7H,2-6H2,1H3. The van der Waals surface area contributed by atoms with Crippen LogP contribution in [0.3, 0.4) is 0 Å². The quantitative estimate of drug-likeness (QED) is 0.137. The van der Waals surface area contributed by atoms with Crippen molar-refractivity contribution in [3.63, 3.8) is 0 Å². The third-order valence-corrected chi connectivity index (χ3v) is 9.71. The van der Waals surface area contributed by atoms with Crippen LogP contribution in [0.1, 0.15) is 90.9 Å². The van der Waals surface area contributed by atoms with E-state index in [-0.39, 0.29) is 44.2 Å². The molecule has 3 rings (SSSR count). The molecule has 0 bridgehead atoms. The van der Waals surface area contributed by atoms with Crippen LogP contribution in [-0.2, 0) is 37.5 Å². The highest BCUT2D eigenvalue weighted by Crippen LogP contribution is 2.49. The van der Waals surface area contributed by atoms with Gasteiger partial charge in [0, 0.05) is 52.7 Å². The van der Waals surface area contributed by atoms with Gasteiger partial charge >= 0.3 is 19.5 Å². The second-order valence-electron chi connectivity index (χ2n) is 11.3. The van der Waals surface area contributed by atoms with Gasteiger partial charge in [-0.05, 0) is 52.4 Å². The molecule has 0 unspecified atom stereocenters. The highest BCUT2D eigenvalue weighted by atomic mass is 31.2. The first-order chi connectivity index (χ1) is 20.6. The normalized spacial score (nSPS) is 23.2. The Labute approximate surface area is 257 Å². The summed E-state index contributed by atoms with van der Waals surface area (Å²) in [4.78, 5) is 33.9. The summed E-state index contributed by atoms with van der Waals surface area (Å²) in [6.07, 6.45) is -5.13. The van der Waals surface area contributed by atoms with Gasteiger partial charge in [-0.1, -0.05) is 0 Å². The highest BCUT2D eigenvalue weighted by molar-refractivity contribution is 7.54. The SMILES string of the molecule is CCOC(=O)C1(F)CCC(F)(F)CC1.CCOC(=O)C1CCC(F)(F)CC1.COP(=O)(CC(=O)C1(F)CCC(F)(F)CC1)OC. The summed E-state index contributed by atoms with van der Waals surface area (Å²) in [7, 11) is -1.49. The lowest BCUT2D eigenvalue weighted by Crippen LogP contribution is -2.42. The molecule has 0 aromatic carbocycles. The average molecular weight is 691 g/mol. The number of hydrogen-bond acceptors (Lipinski definition) is 8. The van der Waals surface area contributed by atoms with E-state index in [9.17, 15) is 54.1 Å². The van der Waals surface area contributed by atoms with Gasteiger partial charge in [-0.2, -0.15) is 0 Å². The summed E-state index contributed by atoms with van der Waals surface area (Å²) in [6, 6.07) is 0. The van der Waals surface area contributed by atoms with Crippen molar-refractivity contribution in [3.8, 4) is 0 Å². The summed E-state index contributed by atoms with van der Waals surface area (Å²) in [5, 5.41) is 0. The molecule has 0 amide bonds. The van der Waals surface area contributed by atoms with Gasteiger partial charge in [0.15, 0.2) is 11.5 Å². The van der Waals surface area contributed by atoms with E-state index in [1.807, 2.05) is 0 Å². The second kappa shape index (κ2) is 16.9. The Balaban J connectivity index is 0.000000343. The fourth-order valence-corrected chi connectivity index (χ4v) is 5.87. The minimum Gasteiger partial charge on any atom is -0.466 e. The van der Waals surface area contributed by atoms with Gasteiger partial charge in [-0.15, -0.1) is 0 Å². The summed E-state index contributed by atoms with van der Waals surface area (Å²) < 4.78 is 134.